The smallest absolute Gasteiger partial charge is 0.308 e. The van der Waals surface area contributed by atoms with Crippen molar-refractivity contribution in [3.63, 3.8) is 0 Å². The van der Waals surface area contributed by atoms with Crippen molar-refractivity contribution in [3.8, 4) is 0 Å². The van der Waals surface area contributed by atoms with Crippen LogP contribution in [0, 0.1) is 17.8 Å². The van der Waals surface area contributed by atoms with Gasteiger partial charge in [-0.1, -0.05) is 0 Å². The Hall–Kier alpha value is -1.89. The Labute approximate surface area is 122 Å². The molecule has 0 aromatic carbocycles. The molecular weight excluding hydrogens is 272 g/mol. The second kappa shape index (κ2) is 5.14. The van der Waals surface area contributed by atoms with Crippen LogP contribution in [0.15, 0.2) is 12.4 Å². The van der Waals surface area contributed by atoms with Gasteiger partial charge in [0.05, 0.1) is 12.1 Å². The molecule has 7 heteroatoms. The van der Waals surface area contributed by atoms with Gasteiger partial charge in [0.2, 0.25) is 5.91 Å². The van der Waals surface area contributed by atoms with Crippen LogP contribution < -0.4 is 11.1 Å². The number of aryl methyl sites for hydroxylation is 1. The van der Waals surface area contributed by atoms with E-state index in [0.717, 1.165) is 19.3 Å². The third kappa shape index (κ3) is 2.42. The average Bonchev–Trinajstić information content (AvgIpc) is 3.12. The Kier molecular flexibility index (Phi) is 3.44. The van der Waals surface area contributed by atoms with E-state index < -0.39 is 17.9 Å². The zero-order chi connectivity index (χ0) is 15.1. The summed E-state index contributed by atoms with van der Waals surface area (Å²) in [6.45, 7) is 0. The van der Waals surface area contributed by atoms with Crippen molar-refractivity contribution in [2.75, 3.05) is 0 Å². The Morgan fingerprint density at radius 1 is 1.48 bits per heavy atom. The lowest BCUT2D eigenvalue weighted by Gasteiger charge is -2.29. The standard InChI is InChI=1S/C14H20N4O3/c1-18-6-9(5-16-18)11(15)13(19)17-12-8-3-2-7(4-8)10(12)14(20)21/h5-8,10-12H,2-4,15H2,1H3,(H,17,19)(H,20,21). The zero-order valence-corrected chi connectivity index (χ0v) is 11.9. The van der Waals surface area contributed by atoms with Gasteiger partial charge in [-0.15, -0.1) is 0 Å². The largest absolute Gasteiger partial charge is 0.481 e. The molecule has 0 spiro atoms. The Morgan fingerprint density at radius 3 is 2.81 bits per heavy atom. The van der Waals surface area contributed by atoms with Gasteiger partial charge in [-0.05, 0) is 31.1 Å². The van der Waals surface area contributed by atoms with Gasteiger partial charge in [0.15, 0.2) is 0 Å². The molecule has 3 rings (SSSR count). The van der Waals surface area contributed by atoms with Crippen molar-refractivity contribution in [1.82, 2.24) is 15.1 Å². The van der Waals surface area contributed by atoms with Crippen molar-refractivity contribution in [1.29, 1.82) is 0 Å². The van der Waals surface area contributed by atoms with E-state index in [-0.39, 0.29) is 23.8 Å². The first-order valence-electron chi connectivity index (χ1n) is 7.24. The Bertz CT molecular complexity index is 570. The SMILES string of the molecule is Cn1cc(C(N)C(=O)NC2C3CCC(C3)C2C(=O)O)cn1. The third-order valence-electron chi connectivity index (χ3n) is 4.88. The molecule has 1 heterocycles. The normalized spacial score (nSPS) is 32.1. The number of hydrogen-bond acceptors (Lipinski definition) is 4. The fourth-order valence-corrected chi connectivity index (χ4v) is 3.86. The maximum atomic E-state index is 12.3. The van der Waals surface area contributed by atoms with E-state index in [2.05, 4.69) is 10.4 Å². The lowest BCUT2D eigenvalue weighted by Crippen LogP contribution is -2.49. The highest BCUT2D eigenvalue weighted by molar-refractivity contribution is 5.84. The molecule has 5 atom stereocenters. The van der Waals surface area contributed by atoms with Gasteiger partial charge in [-0.3, -0.25) is 14.3 Å². The average molecular weight is 292 g/mol. The lowest BCUT2D eigenvalue weighted by molar-refractivity contribution is -0.144. The number of rotatable bonds is 4. The minimum atomic E-state index is -0.817. The second-order valence-corrected chi connectivity index (χ2v) is 6.16. The molecule has 2 fully saturated rings. The second-order valence-electron chi connectivity index (χ2n) is 6.16. The molecule has 0 saturated heterocycles. The number of nitrogens with zero attached hydrogens (tertiary/aromatic N) is 2. The van der Waals surface area contributed by atoms with Crippen LogP contribution in [0.25, 0.3) is 0 Å². The number of carboxylic acid groups (broad SMARTS) is 1. The molecule has 2 bridgehead atoms. The molecule has 2 aliphatic carbocycles. The first kappa shape index (κ1) is 14.1. The topological polar surface area (TPSA) is 110 Å². The molecule has 4 N–H and O–H groups in total. The quantitative estimate of drug-likeness (QED) is 0.725. The maximum absolute atomic E-state index is 12.3. The molecule has 114 valence electrons. The van der Waals surface area contributed by atoms with E-state index in [0.29, 0.717) is 5.56 Å². The van der Waals surface area contributed by atoms with Crippen LogP contribution in [-0.4, -0.2) is 32.8 Å². The number of carboxylic acids is 1. The fraction of sp³-hybridized carbons (Fsp3) is 0.643. The Balaban J connectivity index is 1.70. The Morgan fingerprint density at radius 2 is 2.19 bits per heavy atom. The summed E-state index contributed by atoms with van der Waals surface area (Å²) in [5.41, 5.74) is 6.57. The van der Waals surface area contributed by atoms with Gasteiger partial charge in [0.1, 0.15) is 6.04 Å². The number of aliphatic carboxylic acids is 1. The van der Waals surface area contributed by atoms with Crippen LogP contribution in [0.2, 0.25) is 0 Å². The van der Waals surface area contributed by atoms with Crippen LogP contribution in [0.1, 0.15) is 30.9 Å². The van der Waals surface area contributed by atoms with Gasteiger partial charge in [-0.25, -0.2) is 0 Å². The highest BCUT2D eigenvalue weighted by Crippen LogP contribution is 2.48. The van der Waals surface area contributed by atoms with E-state index in [1.807, 2.05) is 0 Å². The summed E-state index contributed by atoms with van der Waals surface area (Å²) in [6.07, 6.45) is 6.08. The summed E-state index contributed by atoms with van der Waals surface area (Å²) in [4.78, 5) is 23.7. The number of carbonyl (C=O) groups is 2. The monoisotopic (exact) mass is 292 g/mol. The summed E-state index contributed by atoms with van der Waals surface area (Å²) in [5.74, 6) is -1.17. The predicted molar refractivity (Wildman–Crippen MR) is 74.0 cm³/mol. The van der Waals surface area contributed by atoms with Crippen molar-refractivity contribution in [2.45, 2.75) is 31.3 Å². The summed E-state index contributed by atoms with van der Waals surface area (Å²) in [7, 11) is 1.75. The first-order chi connectivity index (χ1) is 9.97. The van der Waals surface area contributed by atoms with E-state index in [9.17, 15) is 14.7 Å². The molecule has 5 unspecified atom stereocenters. The molecule has 1 amide bonds. The molecule has 2 saturated carbocycles. The number of carbonyl (C=O) groups excluding carboxylic acids is 1. The van der Waals surface area contributed by atoms with E-state index >= 15 is 0 Å². The van der Waals surface area contributed by atoms with E-state index in [1.54, 1.807) is 24.1 Å². The van der Waals surface area contributed by atoms with Crippen LogP contribution in [-0.2, 0) is 16.6 Å². The summed E-state index contributed by atoms with van der Waals surface area (Å²) in [5, 5.41) is 16.2. The molecule has 21 heavy (non-hydrogen) atoms. The summed E-state index contributed by atoms with van der Waals surface area (Å²) >= 11 is 0. The molecule has 0 radical (unpaired) electrons. The third-order valence-corrected chi connectivity index (χ3v) is 4.88. The number of aromatic nitrogens is 2. The van der Waals surface area contributed by atoms with Gasteiger partial charge in [-0.2, -0.15) is 5.10 Å². The van der Waals surface area contributed by atoms with Gasteiger partial charge in [0, 0.05) is 24.8 Å². The number of hydrogen-bond donors (Lipinski definition) is 3. The number of fused-ring (bicyclic) bond motifs is 2. The van der Waals surface area contributed by atoms with Crippen molar-refractivity contribution in [2.24, 2.45) is 30.5 Å². The fourth-order valence-electron chi connectivity index (χ4n) is 3.86. The summed E-state index contributed by atoms with van der Waals surface area (Å²) < 4.78 is 1.58. The van der Waals surface area contributed by atoms with Crippen LogP contribution in [0.3, 0.4) is 0 Å². The van der Waals surface area contributed by atoms with Crippen molar-refractivity contribution >= 4 is 11.9 Å². The molecule has 2 aliphatic rings. The highest BCUT2D eigenvalue weighted by atomic mass is 16.4. The zero-order valence-electron chi connectivity index (χ0n) is 11.9. The summed E-state index contributed by atoms with van der Waals surface area (Å²) in [6, 6.07) is -1.11. The molecule has 1 aromatic rings. The minimum Gasteiger partial charge on any atom is -0.481 e. The van der Waals surface area contributed by atoms with E-state index in [4.69, 9.17) is 5.73 Å². The van der Waals surface area contributed by atoms with Gasteiger partial charge < -0.3 is 16.2 Å². The predicted octanol–water partition coefficient (Wildman–Crippen LogP) is 0.0354. The molecule has 1 aromatic heterocycles. The molecule has 7 nitrogen and oxygen atoms in total. The van der Waals surface area contributed by atoms with Crippen LogP contribution in [0.5, 0.6) is 0 Å². The van der Waals surface area contributed by atoms with Gasteiger partial charge in [0.25, 0.3) is 0 Å². The lowest BCUT2D eigenvalue weighted by atomic mass is 9.84. The number of nitrogens with two attached hydrogens (primary N) is 1. The molecular formula is C14H20N4O3. The van der Waals surface area contributed by atoms with Crippen LogP contribution >= 0.6 is 0 Å². The van der Waals surface area contributed by atoms with Crippen molar-refractivity contribution < 1.29 is 14.7 Å². The van der Waals surface area contributed by atoms with Gasteiger partial charge >= 0.3 is 5.97 Å². The maximum Gasteiger partial charge on any atom is 0.308 e. The number of nitrogens with one attached hydrogen (secondary N) is 1. The first-order valence-corrected chi connectivity index (χ1v) is 7.24. The highest BCUT2D eigenvalue weighted by Gasteiger charge is 2.51. The van der Waals surface area contributed by atoms with E-state index in [1.165, 1.54) is 0 Å². The number of amides is 1. The van der Waals surface area contributed by atoms with Crippen LogP contribution in [0.4, 0.5) is 0 Å². The van der Waals surface area contributed by atoms with Crippen molar-refractivity contribution in [3.05, 3.63) is 18.0 Å². The molecule has 0 aliphatic heterocycles. The minimum absolute atomic E-state index is 0.187.